The molecule has 0 atom stereocenters. The Morgan fingerprint density at radius 1 is 1.05 bits per heavy atom. The second kappa shape index (κ2) is 7.09. The molecule has 4 heteroatoms. The Balaban J connectivity index is 2.19. The number of nitrogens with zero attached hydrogens (tertiary/aromatic N) is 1. The first-order valence-electron chi connectivity index (χ1n) is 7.16. The van der Waals surface area contributed by atoms with Crippen LogP contribution in [-0.2, 0) is 0 Å². The summed E-state index contributed by atoms with van der Waals surface area (Å²) in [6.07, 6.45) is 0. The van der Waals surface area contributed by atoms with Gasteiger partial charge in [0.1, 0.15) is 4.99 Å². The lowest BCUT2D eigenvalue weighted by Crippen LogP contribution is -2.21. The maximum absolute atomic E-state index is 5.75. The molecule has 0 heterocycles. The van der Waals surface area contributed by atoms with E-state index in [2.05, 4.69) is 48.3 Å². The predicted octanol–water partition coefficient (Wildman–Crippen LogP) is 3.91. The van der Waals surface area contributed by atoms with Gasteiger partial charge >= 0.3 is 0 Å². The monoisotopic (exact) mass is 299 g/mol. The summed E-state index contributed by atoms with van der Waals surface area (Å²) in [6, 6.07) is 16.2. The van der Waals surface area contributed by atoms with E-state index in [1.807, 2.05) is 24.3 Å². The van der Waals surface area contributed by atoms with Gasteiger partial charge in [-0.25, -0.2) is 0 Å². The normalized spacial score (nSPS) is 10.2. The lowest BCUT2D eigenvalue weighted by molar-refractivity contribution is 0.866. The SMILES string of the molecule is CCN(CC)c1ccc(Nc2ccccc2C(N)=S)cc1. The van der Waals surface area contributed by atoms with Crippen molar-refractivity contribution in [3.63, 3.8) is 0 Å². The number of thiocarbonyl (C=S) groups is 1. The standard InChI is InChI=1S/C17H21N3S/c1-3-20(4-2)14-11-9-13(10-12-14)19-16-8-6-5-7-15(16)17(18)21/h5-12,19H,3-4H2,1-2H3,(H2,18,21). The number of anilines is 3. The zero-order chi connectivity index (χ0) is 15.2. The lowest BCUT2D eigenvalue weighted by atomic mass is 10.1. The highest BCUT2D eigenvalue weighted by Crippen LogP contribution is 2.23. The fourth-order valence-electron chi connectivity index (χ4n) is 2.31. The minimum Gasteiger partial charge on any atom is -0.389 e. The van der Waals surface area contributed by atoms with Crippen molar-refractivity contribution >= 4 is 34.3 Å². The van der Waals surface area contributed by atoms with Gasteiger partial charge in [-0.15, -0.1) is 0 Å². The average molecular weight is 299 g/mol. The van der Waals surface area contributed by atoms with Crippen LogP contribution >= 0.6 is 12.2 Å². The summed E-state index contributed by atoms with van der Waals surface area (Å²) in [5.41, 5.74) is 9.80. The number of nitrogens with two attached hydrogens (primary N) is 1. The first kappa shape index (κ1) is 15.3. The predicted molar refractivity (Wildman–Crippen MR) is 95.6 cm³/mol. The first-order chi connectivity index (χ1) is 10.2. The van der Waals surface area contributed by atoms with Crippen molar-refractivity contribution in [1.29, 1.82) is 0 Å². The van der Waals surface area contributed by atoms with Crippen molar-refractivity contribution < 1.29 is 0 Å². The number of benzene rings is 2. The van der Waals surface area contributed by atoms with Crippen molar-refractivity contribution in [2.75, 3.05) is 23.3 Å². The molecule has 0 amide bonds. The van der Waals surface area contributed by atoms with Gasteiger partial charge in [-0.05, 0) is 50.2 Å². The molecule has 0 aliphatic carbocycles. The minimum atomic E-state index is 0.401. The molecule has 2 aromatic carbocycles. The Bertz CT molecular complexity index is 604. The first-order valence-corrected chi connectivity index (χ1v) is 7.57. The Labute approximate surface area is 131 Å². The second-order valence-corrected chi connectivity index (χ2v) is 5.19. The van der Waals surface area contributed by atoms with Crippen molar-refractivity contribution in [2.24, 2.45) is 5.73 Å². The van der Waals surface area contributed by atoms with Crippen molar-refractivity contribution in [2.45, 2.75) is 13.8 Å². The highest BCUT2D eigenvalue weighted by molar-refractivity contribution is 7.80. The van der Waals surface area contributed by atoms with Crippen LogP contribution in [0.5, 0.6) is 0 Å². The number of nitrogens with one attached hydrogen (secondary N) is 1. The molecule has 0 aliphatic rings. The van der Waals surface area contributed by atoms with E-state index in [4.69, 9.17) is 18.0 Å². The van der Waals surface area contributed by atoms with E-state index in [9.17, 15) is 0 Å². The average Bonchev–Trinajstić information content (AvgIpc) is 2.50. The van der Waals surface area contributed by atoms with Crippen LogP contribution in [0.15, 0.2) is 48.5 Å². The van der Waals surface area contributed by atoms with Crippen LogP contribution in [-0.4, -0.2) is 18.1 Å². The van der Waals surface area contributed by atoms with Crippen LogP contribution < -0.4 is 16.0 Å². The topological polar surface area (TPSA) is 41.3 Å². The molecule has 0 bridgehead atoms. The highest BCUT2D eigenvalue weighted by atomic mass is 32.1. The summed E-state index contributed by atoms with van der Waals surface area (Å²) in [7, 11) is 0. The quantitative estimate of drug-likeness (QED) is 0.794. The summed E-state index contributed by atoms with van der Waals surface area (Å²) >= 11 is 5.08. The molecule has 0 aliphatic heterocycles. The van der Waals surface area contributed by atoms with Gasteiger partial charge in [-0.2, -0.15) is 0 Å². The van der Waals surface area contributed by atoms with Crippen LogP contribution in [0, 0.1) is 0 Å². The van der Waals surface area contributed by atoms with Crippen LogP contribution in [0.1, 0.15) is 19.4 Å². The Morgan fingerprint density at radius 3 is 2.24 bits per heavy atom. The fraction of sp³-hybridized carbons (Fsp3) is 0.235. The maximum Gasteiger partial charge on any atom is 0.106 e. The molecular formula is C17H21N3S. The molecular weight excluding hydrogens is 278 g/mol. The van der Waals surface area contributed by atoms with E-state index in [0.717, 1.165) is 30.0 Å². The van der Waals surface area contributed by atoms with Crippen LogP contribution in [0.3, 0.4) is 0 Å². The van der Waals surface area contributed by atoms with Gasteiger partial charge in [0.05, 0.1) is 0 Å². The smallest absolute Gasteiger partial charge is 0.106 e. The Morgan fingerprint density at radius 2 is 1.67 bits per heavy atom. The minimum absolute atomic E-state index is 0.401. The molecule has 0 fully saturated rings. The summed E-state index contributed by atoms with van der Waals surface area (Å²) in [5.74, 6) is 0. The van der Waals surface area contributed by atoms with Crippen molar-refractivity contribution in [3.8, 4) is 0 Å². The molecule has 0 unspecified atom stereocenters. The van der Waals surface area contributed by atoms with Gasteiger partial charge in [0, 0.05) is 35.7 Å². The third kappa shape index (κ3) is 3.73. The number of hydrogen-bond donors (Lipinski definition) is 2. The highest BCUT2D eigenvalue weighted by Gasteiger charge is 2.05. The number of hydrogen-bond acceptors (Lipinski definition) is 3. The van der Waals surface area contributed by atoms with Crippen LogP contribution in [0.4, 0.5) is 17.1 Å². The molecule has 2 rings (SSSR count). The van der Waals surface area contributed by atoms with Gasteiger partial charge in [0.2, 0.25) is 0 Å². The maximum atomic E-state index is 5.75. The molecule has 3 N–H and O–H groups in total. The van der Waals surface area contributed by atoms with Crippen molar-refractivity contribution in [3.05, 3.63) is 54.1 Å². The lowest BCUT2D eigenvalue weighted by Gasteiger charge is -2.21. The van der Waals surface area contributed by atoms with E-state index in [1.165, 1.54) is 5.69 Å². The Hall–Kier alpha value is -2.07. The molecule has 0 saturated heterocycles. The molecule has 110 valence electrons. The molecule has 0 saturated carbocycles. The molecule has 0 spiro atoms. The van der Waals surface area contributed by atoms with Gasteiger partial charge in [0.15, 0.2) is 0 Å². The van der Waals surface area contributed by atoms with Gasteiger partial charge in [0.25, 0.3) is 0 Å². The van der Waals surface area contributed by atoms with E-state index in [-0.39, 0.29) is 0 Å². The van der Waals surface area contributed by atoms with Crippen molar-refractivity contribution in [1.82, 2.24) is 0 Å². The third-order valence-electron chi connectivity index (χ3n) is 3.47. The van der Waals surface area contributed by atoms with Gasteiger partial charge in [-0.3, -0.25) is 0 Å². The van der Waals surface area contributed by atoms with E-state index in [1.54, 1.807) is 0 Å². The van der Waals surface area contributed by atoms with Crippen LogP contribution in [0.25, 0.3) is 0 Å². The largest absolute Gasteiger partial charge is 0.389 e. The van der Waals surface area contributed by atoms with E-state index >= 15 is 0 Å². The molecule has 0 radical (unpaired) electrons. The second-order valence-electron chi connectivity index (χ2n) is 4.75. The zero-order valence-electron chi connectivity index (χ0n) is 12.5. The van der Waals surface area contributed by atoms with E-state index < -0.39 is 0 Å². The number of rotatable bonds is 6. The summed E-state index contributed by atoms with van der Waals surface area (Å²) in [6.45, 7) is 6.34. The molecule has 21 heavy (non-hydrogen) atoms. The van der Waals surface area contributed by atoms with Crippen LogP contribution in [0.2, 0.25) is 0 Å². The number of para-hydroxylation sites is 1. The fourth-order valence-corrected chi connectivity index (χ4v) is 2.48. The van der Waals surface area contributed by atoms with Gasteiger partial charge < -0.3 is 16.0 Å². The third-order valence-corrected chi connectivity index (χ3v) is 3.69. The zero-order valence-corrected chi connectivity index (χ0v) is 13.3. The summed E-state index contributed by atoms with van der Waals surface area (Å²) < 4.78 is 0. The molecule has 2 aromatic rings. The molecule has 3 nitrogen and oxygen atoms in total. The molecule has 0 aromatic heterocycles. The summed E-state index contributed by atoms with van der Waals surface area (Å²) in [4.78, 5) is 2.71. The Kier molecular flexibility index (Phi) is 5.17. The summed E-state index contributed by atoms with van der Waals surface area (Å²) in [5, 5.41) is 3.37. The van der Waals surface area contributed by atoms with Gasteiger partial charge in [-0.1, -0.05) is 24.4 Å². The van der Waals surface area contributed by atoms with E-state index in [0.29, 0.717) is 4.99 Å².